The minimum absolute atomic E-state index is 0.0690. The molecule has 34 heavy (non-hydrogen) atoms. The third-order valence-electron chi connectivity index (χ3n) is 6.01. The van der Waals surface area contributed by atoms with E-state index in [1.54, 1.807) is 45.2 Å². The minimum atomic E-state index is -0.866. The first-order valence-corrected chi connectivity index (χ1v) is 11.9. The summed E-state index contributed by atoms with van der Waals surface area (Å²) in [4.78, 5) is 56.9. The number of carbonyl (C=O) groups is 4. The highest BCUT2D eigenvalue weighted by Gasteiger charge is 2.57. The quantitative estimate of drug-likeness (QED) is 0.272. The van der Waals surface area contributed by atoms with Crippen molar-refractivity contribution in [1.82, 2.24) is 14.3 Å². The number of carbonyl (C=O) groups excluding carboxylic acids is 4. The molecule has 1 saturated heterocycles. The van der Waals surface area contributed by atoms with E-state index in [9.17, 15) is 24.3 Å². The lowest BCUT2D eigenvalue weighted by Gasteiger charge is -2.44. The van der Waals surface area contributed by atoms with Crippen LogP contribution in [0, 0.1) is 11.3 Å². The summed E-state index contributed by atoms with van der Waals surface area (Å²) in [5.41, 5.74) is 0.252. The number of amides is 1. The first kappa shape index (κ1) is 24.1. The predicted octanol–water partition coefficient (Wildman–Crippen LogP) is 2.40. The van der Waals surface area contributed by atoms with Gasteiger partial charge in [-0.1, -0.05) is 6.92 Å². The fraction of sp³-hybridized carbons (Fsp3) is 0.522. The van der Waals surface area contributed by atoms with Crippen molar-refractivity contribution in [3.05, 3.63) is 28.8 Å². The van der Waals surface area contributed by atoms with Crippen LogP contribution in [-0.2, 0) is 23.9 Å². The van der Waals surface area contributed by atoms with Gasteiger partial charge in [0, 0.05) is 18.2 Å². The zero-order valence-corrected chi connectivity index (χ0v) is 20.5. The van der Waals surface area contributed by atoms with E-state index in [1.807, 2.05) is 0 Å². The number of nitrogens with zero attached hydrogens (tertiary/aromatic N) is 3. The lowest BCUT2D eigenvalue weighted by atomic mass is 9.83. The van der Waals surface area contributed by atoms with Crippen LogP contribution in [0.1, 0.15) is 62.8 Å². The highest BCUT2D eigenvalue weighted by molar-refractivity contribution is 7.18. The Bertz CT molecular complexity index is 1220. The lowest BCUT2D eigenvalue weighted by molar-refractivity contribution is -0.175. The van der Waals surface area contributed by atoms with E-state index < -0.39 is 36.2 Å². The normalized spacial score (nSPS) is 20.9. The zero-order chi connectivity index (χ0) is 24.9. The van der Waals surface area contributed by atoms with Crippen molar-refractivity contribution in [2.45, 2.75) is 59.6 Å². The number of aliphatic hydroxyl groups is 1. The second-order valence-corrected chi connectivity index (χ2v) is 10.5. The summed E-state index contributed by atoms with van der Waals surface area (Å²) in [7, 11) is 0. The van der Waals surface area contributed by atoms with Crippen LogP contribution in [0.4, 0.5) is 0 Å². The Morgan fingerprint density at radius 3 is 2.62 bits per heavy atom. The second kappa shape index (κ2) is 8.62. The molecular formula is C23H27N3O7S. The maximum Gasteiger partial charge on any atom is 0.358 e. The summed E-state index contributed by atoms with van der Waals surface area (Å²) < 4.78 is 12.0. The molecule has 4 heterocycles. The third-order valence-corrected chi connectivity index (χ3v) is 7.18. The average Bonchev–Trinajstić information content (AvgIpc) is 3.42. The van der Waals surface area contributed by atoms with Crippen LogP contribution in [0.25, 0.3) is 10.4 Å². The molecule has 0 saturated carbocycles. The van der Waals surface area contributed by atoms with Crippen molar-refractivity contribution in [3.8, 4) is 0 Å². The van der Waals surface area contributed by atoms with Gasteiger partial charge in [-0.15, -0.1) is 11.3 Å². The van der Waals surface area contributed by atoms with E-state index in [-0.39, 0.29) is 23.4 Å². The molecule has 10 nitrogen and oxygen atoms in total. The molecule has 182 valence electrons. The van der Waals surface area contributed by atoms with E-state index in [0.29, 0.717) is 33.8 Å². The maximum atomic E-state index is 13.1. The van der Waals surface area contributed by atoms with Gasteiger partial charge in [0.2, 0.25) is 12.7 Å². The molecule has 0 spiro atoms. The number of hydrogen-bond acceptors (Lipinski definition) is 9. The van der Waals surface area contributed by atoms with Gasteiger partial charge >= 0.3 is 11.9 Å². The van der Waals surface area contributed by atoms with Gasteiger partial charge in [0.05, 0.1) is 28.4 Å². The van der Waals surface area contributed by atoms with Gasteiger partial charge in [0.15, 0.2) is 5.78 Å². The minimum Gasteiger partial charge on any atom is -0.427 e. The highest BCUT2D eigenvalue weighted by atomic mass is 32.1. The van der Waals surface area contributed by atoms with Crippen LogP contribution in [0.3, 0.4) is 0 Å². The number of imidazole rings is 1. The van der Waals surface area contributed by atoms with Crippen LogP contribution in [0.5, 0.6) is 0 Å². The Hall–Kier alpha value is -3.05. The second-order valence-electron chi connectivity index (χ2n) is 9.48. The van der Waals surface area contributed by atoms with E-state index in [2.05, 4.69) is 4.98 Å². The topological polar surface area (TPSA) is 128 Å². The molecule has 2 aliphatic rings. The largest absolute Gasteiger partial charge is 0.427 e. The van der Waals surface area contributed by atoms with E-state index in [0.717, 1.165) is 0 Å². The monoisotopic (exact) mass is 489 g/mol. The fourth-order valence-electron chi connectivity index (χ4n) is 4.20. The van der Waals surface area contributed by atoms with Gasteiger partial charge in [-0.3, -0.25) is 18.8 Å². The van der Waals surface area contributed by atoms with Crippen LogP contribution in [0.15, 0.2) is 18.2 Å². The number of esters is 2. The number of ketones is 1. The standard InChI is InChI=1S/C23H27N3O7S/c1-6-14(28)17-20-25(9-24-17)8-15(34-20)12-7-13-16(11(2)27)19(29)26(13)18(12)21(30)32-10-33-22(31)23(3,4)5/h8-9,11,13,16,27H,6-7,10H2,1-5H3/t11-,13-,16-/m1/s1. The number of rotatable bonds is 7. The van der Waals surface area contributed by atoms with Gasteiger partial charge < -0.3 is 19.5 Å². The number of ether oxygens (including phenoxy) is 2. The molecule has 1 fully saturated rings. The highest BCUT2D eigenvalue weighted by Crippen LogP contribution is 2.48. The summed E-state index contributed by atoms with van der Waals surface area (Å²) in [5.74, 6) is -2.39. The first-order chi connectivity index (χ1) is 16.0. The molecule has 3 atom stereocenters. The zero-order valence-electron chi connectivity index (χ0n) is 19.7. The molecule has 4 rings (SSSR count). The predicted molar refractivity (Wildman–Crippen MR) is 122 cm³/mol. The average molecular weight is 490 g/mol. The third kappa shape index (κ3) is 3.92. The van der Waals surface area contributed by atoms with Crippen LogP contribution in [-0.4, -0.2) is 62.0 Å². The fourth-order valence-corrected chi connectivity index (χ4v) is 5.34. The van der Waals surface area contributed by atoms with Crippen molar-refractivity contribution in [2.75, 3.05) is 6.79 Å². The number of fused-ring (bicyclic) bond motifs is 2. The molecule has 1 amide bonds. The van der Waals surface area contributed by atoms with Gasteiger partial charge in [0.25, 0.3) is 0 Å². The van der Waals surface area contributed by atoms with E-state index in [1.165, 1.54) is 22.6 Å². The van der Waals surface area contributed by atoms with Crippen molar-refractivity contribution in [3.63, 3.8) is 0 Å². The molecule has 0 aliphatic carbocycles. The van der Waals surface area contributed by atoms with Crippen LogP contribution in [0.2, 0.25) is 0 Å². The van der Waals surface area contributed by atoms with E-state index >= 15 is 0 Å². The Kier molecular flexibility index (Phi) is 6.11. The van der Waals surface area contributed by atoms with Crippen LogP contribution < -0.4 is 0 Å². The molecule has 0 aromatic carbocycles. The number of Topliss-reactive ketones (excluding diaryl/α,β-unsaturated/α-hetero) is 1. The summed E-state index contributed by atoms with van der Waals surface area (Å²) >= 11 is 1.30. The van der Waals surface area contributed by atoms with Crippen molar-refractivity contribution >= 4 is 45.4 Å². The number of hydrogen-bond donors (Lipinski definition) is 1. The Balaban J connectivity index is 1.66. The first-order valence-electron chi connectivity index (χ1n) is 11.0. The molecule has 2 aliphatic heterocycles. The maximum absolute atomic E-state index is 13.1. The Morgan fingerprint density at radius 1 is 1.29 bits per heavy atom. The summed E-state index contributed by atoms with van der Waals surface area (Å²) in [5, 5.41) is 10.1. The SMILES string of the molecule is CCC(=O)c1ncn2cc(C3=C(C(=O)OCOC(=O)C(C)(C)C)N4C(=O)[C@H]([C@@H](C)O)[C@H]4C3)sc12. The van der Waals surface area contributed by atoms with Crippen molar-refractivity contribution in [2.24, 2.45) is 11.3 Å². The lowest BCUT2D eigenvalue weighted by Crippen LogP contribution is -2.61. The van der Waals surface area contributed by atoms with Gasteiger partial charge in [-0.2, -0.15) is 0 Å². The molecular weight excluding hydrogens is 462 g/mol. The number of aromatic nitrogens is 2. The molecule has 11 heteroatoms. The van der Waals surface area contributed by atoms with Gasteiger partial charge in [0.1, 0.15) is 22.5 Å². The molecule has 0 unspecified atom stereocenters. The van der Waals surface area contributed by atoms with E-state index in [4.69, 9.17) is 9.47 Å². The smallest absolute Gasteiger partial charge is 0.358 e. The molecule has 2 aromatic rings. The molecule has 1 N–H and O–H groups in total. The summed E-state index contributed by atoms with van der Waals surface area (Å²) in [6.45, 7) is 7.77. The van der Waals surface area contributed by atoms with Gasteiger partial charge in [-0.25, -0.2) is 9.78 Å². The number of β-lactam (4-membered cyclic amide) rings is 1. The molecule has 2 aromatic heterocycles. The molecule has 0 bridgehead atoms. The van der Waals surface area contributed by atoms with Gasteiger partial charge in [-0.05, 0) is 34.1 Å². The Labute approximate surface area is 200 Å². The van der Waals surface area contributed by atoms with Crippen LogP contribution >= 0.6 is 11.3 Å². The number of aliphatic hydroxyl groups excluding tert-OH is 1. The summed E-state index contributed by atoms with van der Waals surface area (Å²) in [6.07, 6.45) is 3.09. The Morgan fingerprint density at radius 2 is 2.00 bits per heavy atom. The summed E-state index contributed by atoms with van der Waals surface area (Å²) in [6, 6.07) is -0.376. The van der Waals surface area contributed by atoms with Crippen molar-refractivity contribution in [1.29, 1.82) is 0 Å². The number of thiazole rings is 1. The van der Waals surface area contributed by atoms with Crippen molar-refractivity contribution < 1.29 is 33.8 Å². The molecule has 0 radical (unpaired) electrons.